The fourth-order valence-electron chi connectivity index (χ4n) is 2.75. The Bertz CT molecular complexity index is 758. The summed E-state index contributed by atoms with van der Waals surface area (Å²) in [5.74, 6) is 0.754. The Hall–Kier alpha value is -1.29. The molecule has 1 unspecified atom stereocenters. The van der Waals surface area contributed by atoms with E-state index in [1.54, 1.807) is 36.0 Å². The predicted octanol–water partition coefficient (Wildman–Crippen LogP) is 2.34. The van der Waals surface area contributed by atoms with Crippen molar-refractivity contribution in [1.82, 2.24) is 15.4 Å². The maximum absolute atomic E-state index is 12.4. The molecule has 9 heteroatoms. The third-order valence-electron chi connectivity index (χ3n) is 4.76. The smallest absolute Gasteiger partial charge is 0.240 e. The lowest BCUT2D eigenvalue weighted by molar-refractivity contribution is 0.114. The van der Waals surface area contributed by atoms with Crippen LogP contribution in [0, 0.1) is 0 Å². The van der Waals surface area contributed by atoms with Crippen LogP contribution in [0.4, 0.5) is 0 Å². The Balaban J connectivity index is 1.94. The molecule has 1 saturated heterocycles. The molecule has 29 heavy (non-hydrogen) atoms. The highest BCUT2D eigenvalue weighted by atomic mass is 32.2. The van der Waals surface area contributed by atoms with Crippen LogP contribution in [0.25, 0.3) is 0 Å². The van der Waals surface area contributed by atoms with E-state index in [0.29, 0.717) is 19.7 Å². The van der Waals surface area contributed by atoms with Gasteiger partial charge in [0.1, 0.15) is 0 Å². The number of hydrogen-bond acceptors (Lipinski definition) is 5. The summed E-state index contributed by atoms with van der Waals surface area (Å²) < 4.78 is 33.1. The molecule has 1 heterocycles. The molecular formula is C20H34N4O3S2. The molecule has 0 radical (unpaired) electrons. The molecule has 1 aromatic carbocycles. The third-order valence-corrected chi connectivity index (χ3v) is 7.45. The van der Waals surface area contributed by atoms with Crippen LogP contribution >= 0.6 is 11.8 Å². The maximum atomic E-state index is 12.4. The zero-order chi connectivity index (χ0) is 21.3. The van der Waals surface area contributed by atoms with Gasteiger partial charge in [-0.3, -0.25) is 0 Å². The average molecular weight is 443 g/mol. The Morgan fingerprint density at radius 3 is 2.59 bits per heavy atom. The number of nitrogens with one attached hydrogen (secondary N) is 3. The molecule has 0 saturated carbocycles. The molecule has 0 amide bonds. The molecule has 7 nitrogen and oxygen atoms in total. The van der Waals surface area contributed by atoms with Crippen LogP contribution in [-0.2, 0) is 21.3 Å². The monoisotopic (exact) mass is 442 g/mol. The number of rotatable bonds is 10. The number of ether oxygens (including phenoxy) is 1. The van der Waals surface area contributed by atoms with Crippen molar-refractivity contribution in [2.24, 2.45) is 4.99 Å². The zero-order valence-electron chi connectivity index (χ0n) is 17.8. The van der Waals surface area contributed by atoms with Crippen LogP contribution < -0.4 is 15.4 Å². The number of sulfonamides is 1. The fourth-order valence-corrected chi connectivity index (χ4v) is 4.03. The van der Waals surface area contributed by atoms with Gasteiger partial charge in [-0.25, -0.2) is 18.1 Å². The van der Waals surface area contributed by atoms with Crippen molar-refractivity contribution < 1.29 is 13.2 Å². The van der Waals surface area contributed by atoms with Crippen molar-refractivity contribution in [3.63, 3.8) is 0 Å². The molecule has 3 N–H and O–H groups in total. The highest BCUT2D eigenvalue weighted by Crippen LogP contribution is 2.19. The summed E-state index contributed by atoms with van der Waals surface area (Å²) in [6.45, 7) is 9.46. The van der Waals surface area contributed by atoms with Gasteiger partial charge in [-0.15, -0.1) is 0 Å². The van der Waals surface area contributed by atoms with Gasteiger partial charge in [0, 0.05) is 31.0 Å². The van der Waals surface area contributed by atoms with E-state index >= 15 is 0 Å². The summed E-state index contributed by atoms with van der Waals surface area (Å²) in [5.41, 5.74) is 0.949. The Labute approximate surface area is 179 Å². The molecule has 1 aromatic rings. The van der Waals surface area contributed by atoms with E-state index in [1.807, 2.05) is 6.92 Å². The number of thioether (sulfide) groups is 1. The summed E-state index contributed by atoms with van der Waals surface area (Å²) in [6, 6.07) is 6.86. The number of aliphatic imine (C=N–C) groups is 1. The number of benzene rings is 1. The lowest BCUT2D eigenvalue weighted by Crippen LogP contribution is -2.43. The van der Waals surface area contributed by atoms with E-state index in [-0.39, 0.29) is 15.7 Å². The van der Waals surface area contributed by atoms with E-state index in [0.717, 1.165) is 37.5 Å². The molecule has 0 bridgehead atoms. The van der Waals surface area contributed by atoms with Crippen molar-refractivity contribution in [2.75, 3.05) is 32.5 Å². The summed E-state index contributed by atoms with van der Waals surface area (Å²) >= 11 is 1.80. The van der Waals surface area contributed by atoms with E-state index in [4.69, 9.17) is 4.74 Å². The number of guanidine groups is 1. The maximum Gasteiger partial charge on any atom is 0.240 e. The second kappa shape index (κ2) is 11.2. The standard InChI is InChI=1S/C20H34N4O3S2/c1-5-21-19(23-15-20(2,3)28-4)22-13-16-8-10-18(11-9-16)29(25,26)24-14-17-7-6-12-27-17/h8-11,17,24H,5-7,12-15H2,1-4H3,(H2,21,22,23). The van der Waals surface area contributed by atoms with Gasteiger partial charge >= 0.3 is 0 Å². The molecular weight excluding hydrogens is 408 g/mol. The van der Waals surface area contributed by atoms with Crippen molar-refractivity contribution in [2.45, 2.75) is 55.9 Å². The lowest BCUT2D eigenvalue weighted by atomic mass is 10.2. The summed E-state index contributed by atoms with van der Waals surface area (Å²) in [4.78, 5) is 4.86. The molecule has 2 rings (SSSR count). The molecule has 1 aliphatic rings. The van der Waals surface area contributed by atoms with Crippen LogP contribution in [0.15, 0.2) is 34.2 Å². The zero-order valence-corrected chi connectivity index (χ0v) is 19.5. The molecule has 164 valence electrons. The largest absolute Gasteiger partial charge is 0.377 e. The number of nitrogens with zero attached hydrogens (tertiary/aromatic N) is 1. The minimum absolute atomic E-state index is 0.0218. The van der Waals surface area contributed by atoms with Gasteiger partial charge in [0.15, 0.2) is 5.96 Å². The van der Waals surface area contributed by atoms with E-state index < -0.39 is 10.0 Å². The Morgan fingerprint density at radius 2 is 2.00 bits per heavy atom. The first-order chi connectivity index (χ1) is 13.8. The summed E-state index contributed by atoms with van der Waals surface area (Å²) in [5, 5.41) is 6.60. The van der Waals surface area contributed by atoms with Crippen LogP contribution in [0.3, 0.4) is 0 Å². The van der Waals surface area contributed by atoms with E-state index in [9.17, 15) is 8.42 Å². The van der Waals surface area contributed by atoms with Crippen LogP contribution in [-0.4, -0.2) is 57.7 Å². The highest BCUT2D eigenvalue weighted by molar-refractivity contribution is 7.99. The quantitative estimate of drug-likeness (QED) is 0.381. The van der Waals surface area contributed by atoms with Gasteiger partial charge in [0.05, 0.1) is 17.5 Å². The summed E-state index contributed by atoms with van der Waals surface area (Å²) in [7, 11) is -3.53. The van der Waals surface area contributed by atoms with Crippen molar-refractivity contribution in [3.8, 4) is 0 Å². The second-order valence-corrected chi connectivity index (χ2v) is 10.9. The van der Waals surface area contributed by atoms with Crippen LogP contribution in [0.5, 0.6) is 0 Å². The first-order valence-electron chi connectivity index (χ1n) is 10.0. The summed E-state index contributed by atoms with van der Waals surface area (Å²) in [6.07, 6.45) is 3.96. The highest BCUT2D eigenvalue weighted by Gasteiger charge is 2.20. The molecule has 1 fully saturated rings. The lowest BCUT2D eigenvalue weighted by Gasteiger charge is -2.23. The molecule has 0 spiro atoms. The molecule has 0 aromatic heterocycles. The fraction of sp³-hybridized carbons (Fsp3) is 0.650. The average Bonchev–Trinajstić information content (AvgIpc) is 3.23. The molecule has 0 aliphatic carbocycles. The van der Waals surface area contributed by atoms with Crippen LogP contribution in [0.2, 0.25) is 0 Å². The second-order valence-electron chi connectivity index (χ2n) is 7.64. The van der Waals surface area contributed by atoms with E-state index in [1.165, 1.54) is 0 Å². The van der Waals surface area contributed by atoms with Gasteiger partial charge in [-0.2, -0.15) is 11.8 Å². The predicted molar refractivity (Wildman–Crippen MR) is 121 cm³/mol. The van der Waals surface area contributed by atoms with Gasteiger partial charge in [-0.05, 0) is 57.6 Å². The van der Waals surface area contributed by atoms with Crippen molar-refractivity contribution in [1.29, 1.82) is 0 Å². The van der Waals surface area contributed by atoms with Crippen molar-refractivity contribution in [3.05, 3.63) is 29.8 Å². The van der Waals surface area contributed by atoms with Gasteiger partial charge in [0.25, 0.3) is 0 Å². The number of hydrogen-bond donors (Lipinski definition) is 3. The normalized spacial score (nSPS) is 18.1. The topological polar surface area (TPSA) is 91.8 Å². The Kier molecular flexibility index (Phi) is 9.26. The van der Waals surface area contributed by atoms with Crippen molar-refractivity contribution >= 4 is 27.7 Å². The minimum atomic E-state index is -3.53. The van der Waals surface area contributed by atoms with Gasteiger partial charge in [-0.1, -0.05) is 12.1 Å². The first kappa shape index (κ1) is 24.0. The third kappa shape index (κ3) is 8.16. The SMILES string of the molecule is CCNC(=NCc1ccc(S(=O)(=O)NCC2CCCO2)cc1)NCC(C)(C)SC. The van der Waals surface area contributed by atoms with Gasteiger partial charge < -0.3 is 15.4 Å². The minimum Gasteiger partial charge on any atom is -0.377 e. The van der Waals surface area contributed by atoms with Crippen LogP contribution in [0.1, 0.15) is 39.2 Å². The first-order valence-corrected chi connectivity index (χ1v) is 12.7. The van der Waals surface area contributed by atoms with Gasteiger partial charge in [0.2, 0.25) is 10.0 Å². The van der Waals surface area contributed by atoms with E-state index in [2.05, 4.69) is 40.5 Å². The molecule has 1 atom stereocenters. The Morgan fingerprint density at radius 1 is 1.28 bits per heavy atom. The molecule has 1 aliphatic heterocycles.